The van der Waals surface area contributed by atoms with Crippen molar-refractivity contribution < 1.29 is 0 Å². The summed E-state index contributed by atoms with van der Waals surface area (Å²) in [5, 5.41) is 3.32. The SMILES string of the molecule is CCCCCNc1cc(N(C)C(C)CN)ncn1. The van der Waals surface area contributed by atoms with E-state index < -0.39 is 0 Å². The molecule has 0 spiro atoms. The van der Waals surface area contributed by atoms with Crippen LogP contribution in [0, 0.1) is 0 Å². The van der Waals surface area contributed by atoms with Crippen LogP contribution in [0.4, 0.5) is 11.6 Å². The molecule has 102 valence electrons. The van der Waals surface area contributed by atoms with E-state index in [2.05, 4.69) is 34.0 Å². The van der Waals surface area contributed by atoms with Gasteiger partial charge in [-0.15, -0.1) is 0 Å². The Morgan fingerprint density at radius 3 is 2.83 bits per heavy atom. The molecular formula is C13H25N5. The van der Waals surface area contributed by atoms with Gasteiger partial charge in [0.25, 0.3) is 0 Å². The molecule has 1 unspecified atom stereocenters. The largest absolute Gasteiger partial charge is 0.370 e. The quantitative estimate of drug-likeness (QED) is 0.690. The minimum absolute atomic E-state index is 0.271. The maximum atomic E-state index is 5.66. The van der Waals surface area contributed by atoms with E-state index in [1.165, 1.54) is 19.3 Å². The molecule has 0 saturated carbocycles. The zero-order chi connectivity index (χ0) is 13.4. The highest BCUT2D eigenvalue weighted by Gasteiger charge is 2.09. The lowest BCUT2D eigenvalue weighted by atomic mass is 10.2. The van der Waals surface area contributed by atoms with Crippen LogP contribution in [-0.4, -0.2) is 36.1 Å². The molecule has 0 radical (unpaired) electrons. The Kier molecular flexibility index (Phi) is 6.43. The second-order valence-corrected chi connectivity index (χ2v) is 4.59. The molecule has 1 aromatic heterocycles. The Labute approximate surface area is 110 Å². The number of hydrogen-bond acceptors (Lipinski definition) is 5. The fourth-order valence-corrected chi connectivity index (χ4v) is 1.61. The van der Waals surface area contributed by atoms with Crippen molar-refractivity contribution in [1.29, 1.82) is 0 Å². The van der Waals surface area contributed by atoms with Crippen molar-refractivity contribution in [2.45, 2.75) is 39.2 Å². The minimum Gasteiger partial charge on any atom is -0.370 e. The molecule has 0 bridgehead atoms. The molecule has 0 aliphatic carbocycles. The van der Waals surface area contributed by atoms with Crippen LogP contribution in [0.3, 0.4) is 0 Å². The van der Waals surface area contributed by atoms with Gasteiger partial charge >= 0.3 is 0 Å². The second kappa shape index (κ2) is 7.87. The summed E-state index contributed by atoms with van der Waals surface area (Å²) in [6.45, 7) is 5.85. The number of aromatic nitrogens is 2. The Balaban J connectivity index is 2.56. The van der Waals surface area contributed by atoms with Gasteiger partial charge in [0, 0.05) is 32.2 Å². The number of nitrogens with one attached hydrogen (secondary N) is 1. The number of unbranched alkanes of at least 4 members (excludes halogenated alkanes) is 2. The van der Waals surface area contributed by atoms with Crippen LogP contribution in [0.5, 0.6) is 0 Å². The van der Waals surface area contributed by atoms with Crippen molar-refractivity contribution in [1.82, 2.24) is 9.97 Å². The van der Waals surface area contributed by atoms with Crippen LogP contribution < -0.4 is 16.0 Å². The summed E-state index contributed by atoms with van der Waals surface area (Å²) >= 11 is 0. The number of hydrogen-bond donors (Lipinski definition) is 2. The molecule has 0 aromatic carbocycles. The number of nitrogens with two attached hydrogens (primary N) is 1. The topological polar surface area (TPSA) is 67.1 Å². The van der Waals surface area contributed by atoms with Crippen LogP contribution in [0.15, 0.2) is 12.4 Å². The number of rotatable bonds is 8. The number of likely N-dealkylation sites (N-methyl/N-ethyl adjacent to an activating group) is 1. The van der Waals surface area contributed by atoms with E-state index in [1.807, 2.05) is 13.1 Å². The molecule has 1 rings (SSSR count). The lowest BCUT2D eigenvalue weighted by Crippen LogP contribution is -2.35. The highest BCUT2D eigenvalue weighted by molar-refractivity contribution is 5.48. The summed E-state index contributed by atoms with van der Waals surface area (Å²) in [4.78, 5) is 10.6. The van der Waals surface area contributed by atoms with Crippen LogP contribution >= 0.6 is 0 Å². The molecule has 0 aliphatic rings. The van der Waals surface area contributed by atoms with Gasteiger partial charge in [-0.1, -0.05) is 19.8 Å². The van der Waals surface area contributed by atoms with Gasteiger partial charge in [0.1, 0.15) is 18.0 Å². The lowest BCUT2D eigenvalue weighted by molar-refractivity contribution is 0.686. The zero-order valence-corrected chi connectivity index (χ0v) is 11.7. The summed E-state index contributed by atoms with van der Waals surface area (Å²) in [5.41, 5.74) is 5.66. The first-order valence-electron chi connectivity index (χ1n) is 6.67. The molecule has 0 saturated heterocycles. The zero-order valence-electron chi connectivity index (χ0n) is 11.7. The second-order valence-electron chi connectivity index (χ2n) is 4.59. The van der Waals surface area contributed by atoms with E-state index in [0.717, 1.165) is 18.2 Å². The molecule has 0 fully saturated rings. The van der Waals surface area contributed by atoms with E-state index in [4.69, 9.17) is 5.73 Å². The molecule has 5 nitrogen and oxygen atoms in total. The van der Waals surface area contributed by atoms with Gasteiger partial charge in [-0.05, 0) is 13.3 Å². The third-order valence-electron chi connectivity index (χ3n) is 3.10. The van der Waals surface area contributed by atoms with Crippen LogP contribution in [0.2, 0.25) is 0 Å². The van der Waals surface area contributed by atoms with E-state index in [0.29, 0.717) is 6.54 Å². The molecule has 1 heterocycles. The first kappa shape index (κ1) is 14.7. The minimum atomic E-state index is 0.271. The van der Waals surface area contributed by atoms with E-state index in [9.17, 15) is 0 Å². The summed E-state index contributed by atoms with van der Waals surface area (Å²) in [5.74, 6) is 1.79. The molecule has 0 aliphatic heterocycles. The maximum absolute atomic E-state index is 5.66. The third kappa shape index (κ3) is 4.49. The van der Waals surface area contributed by atoms with Crippen molar-refractivity contribution in [2.75, 3.05) is 30.4 Å². The molecule has 5 heteroatoms. The van der Waals surface area contributed by atoms with E-state index in [-0.39, 0.29) is 6.04 Å². The standard InChI is InChI=1S/C13H25N5/c1-4-5-6-7-15-12-8-13(17-10-16-12)18(3)11(2)9-14/h8,10-11H,4-7,9,14H2,1-3H3,(H,15,16,17). The average Bonchev–Trinajstić information content (AvgIpc) is 2.42. The van der Waals surface area contributed by atoms with Crippen molar-refractivity contribution in [3.05, 3.63) is 12.4 Å². The van der Waals surface area contributed by atoms with E-state index in [1.54, 1.807) is 6.33 Å². The number of anilines is 2. The summed E-state index contributed by atoms with van der Waals surface area (Å²) in [7, 11) is 2.00. The molecular weight excluding hydrogens is 226 g/mol. The number of nitrogens with zero attached hydrogens (tertiary/aromatic N) is 3. The third-order valence-corrected chi connectivity index (χ3v) is 3.10. The van der Waals surface area contributed by atoms with Gasteiger partial charge in [0.2, 0.25) is 0 Å². The Hall–Kier alpha value is -1.36. The smallest absolute Gasteiger partial charge is 0.134 e. The van der Waals surface area contributed by atoms with Crippen LogP contribution in [0.1, 0.15) is 33.1 Å². The highest BCUT2D eigenvalue weighted by Crippen LogP contribution is 2.14. The maximum Gasteiger partial charge on any atom is 0.134 e. The molecule has 1 atom stereocenters. The fourth-order valence-electron chi connectivity index (χ4n) is 1.61. The lowest BCUT2D eigenvalue weighted by Gasteiger charge is -2.24. The average molecular weight is 251 g/mol. The molecule has 1 aromatic rings. The van der Waals surface area contributed by atoms with Gasteiger partial charge < -0.3 is 16.0 Å². The first-order chi connectivity index (χ1) is 8.69. The van der Waals surface area contributed by atoms with Crippen molar-refractivity contribution >= 4 is 11.6 Å². The van der Waals surface area contributed by atoms with Crippen molar-refractivity contribution in [3.8, 4) is 0 Å². The Morgan fingerprint density at radius 2 is 2.17 bits per heavy atom. The fraction of sp³-hybridized carbons (Fsp3) is 0.692. The Morgan fingerprint density at radius 1 is 1.39 bits per heavy atom. The first-order valence-corrected chi connectivity index (χ1v) is 6.67. The summed E-state index contributed by atoms with van der Waals surface area (Å²) < 4.78 is 0. The normalized spacial score (nSPS) is 12.2. The van der Waals surface area contributed by atoms with Crippen LogP contribution in [0.25, 0.3) is 0 Å². The van der Waals surface area contributed by atoms with Crippen molar-refractivity contribution in [3.63, 3.8) is 0 Å². The van der Waals surface area contributed by atoms with Gasteiger partial charge in [-0.3, -0.25) is 0 Å². The van der Waals surface area contributed by atoms with Crippen molar-refractivity contribution in [2.24, 2.45) is 5.73 Å². The van der Waals surface area contributed by atoms with E-state index >= 15 is 0 Å². The molecule has 18 heavy (non-hydrogen) atoms. The highest BCUT2D eigenvalue weighted by atomic mass is 15.2. The summed E-state index contributed by atoms with van der Waals surface area (Å²) in [6.07, 6.45) is 5.24. The monoisotopic (exact) mass is 251 g/mol. The predicted molar refractivity (Wildman–Crippen MR) is 77.0 cm³/mol. The molecule has 3 N–H and O–H groups in total. The van der Waals surface area contributed by atoms with Crippen LogP contribution in [-0.2, 0) is 0 Å². The summed E-state index contributed by atoms with van der Waals surface area (Å²) in [6, 6.07) is 2.24. The molecule has 0 amide bonds. The van der Waals surface area contributed by atoms with Gasteiger partial charge in [-0.25, -0.2) is 9.97 Å². The van der Waals surface area contributed by atoms with Gasteiger partial charge in [-0.2, -0.15) is 0 Å². The van der Waals surface area contributed by atoms with Gasteiger partial charge in [0.15, 0.2) is 0 Å². The predicted octanol–water partition coefficient (Wildman–Crippen LogP) is 1.86. The van der Waals surface area contributed by atoms with Gasteiger partial charge in [0.05, 0.1) is 0 Å². The Bertz CT molecular complexity index is 342.